The number of ether oxygens (including phenoxy) is 1. The Balaban J connectivity index is 1.85. The van der Waals surface area contributed by atoms with Crippen molar-refractivity contribution in [2.24, 2.45) is 5.92 Å². The highest BCUT2D eigenvalue weighted by molar-refractivity contribution is 7.89. The van der Waals surface area contributed by atoms with Crippen LogP contribution in [0.4, 0.5) is 0 Å². The fourth-order valence-corrected chi connectivity index (χ4v) is 4.80. The SMILES string of the molecule is CCCS(=O)(=O)N1CCCC(C(=O)N(C)CCOc2cccc(C)c2)C1. The van der Waals surface area contributed by atoms with Gasteiger partial charge >= 0.3 is 0 Å². The largest absolute Gasteiger partial charge is 0.492 e. The lowest BCUT2D eigenvalue weighted by Crippen LogP contribution is -2.47. The number of carbonyl (C=O) groups excluding carboxylic acids is 1. The number of nitrogens with zero attached hydrogens (tertiary/aromatic N) is 2. The third kappa shape index (κ3) is 5.71. The Morgan fingerprint density at radius 3 is 2.85 bits per heavy atom. The molecule has 146 valence electrons. The second-order valence-corrected chi connectivity index (χ2v) is 9.03. The van der Waals surface area contributed by atoms with E-state index in [-0.39, 0.29) is 17.6 Å². The first kappa shape index (κ1) is 20.7. The fraction of sp³-hybridized carbons (Fsp3) is 0.632. The molecule has 1 aromatic carbocycles. The molecule has 1 saturated heterocycles. The van der Waals surface area contributed by atoms with E-state index >= 15 is 0 Å². The molecule has 1 aliphatic heterocycles. The summed E-state index contributed by atoms with van der Waals surface area (Å²) >= 11 is 0. The molecule has 0 N–H and O–H groups in total. The number of hydrogen-bond donors (Lipinski definition) is 0. The number of likely N-dealkylation sites (N-methyl/N-ethyl adjacent to an activating group) is 1. The molecule has 1 unspecified atom stereocenters. The topological polar surface area (TPSA) is 66.9 Å². The van der Waals surface area contributed by atoms with E-state index in [4.69, 9.17) is 4.74 Å². The van der Waals surface area contributed by atoms with E-state index in [0.29, 0.717) is 32.7 Å². The van der Waals surface area contributed by atoms with E-state index in [9.17, 15) is 13.2 Å². The number of hydrogen-bond acceptors (Lipinski definition) is 4. The molecule has 0 aromatic heterocycles. The van der Waals surface area contributed by atoms with Crippen molar-refractivity contribution in [1.82, 2.24) is 9.21 Å². The van der Waals surface area contributed by atoms with Crippen LogP contribution in [0.25, 0.3) is 0 Å². The van der Waals surface area contributed by atoms with Gasteiger partial charge in [0.2, 0.25) is 15.9 Å². The maximum absolute atomic E-state index is 12.7. The van der Waals surface area contributed by atoms with Gasteiger partial charge in [-0.2, -0.15) is 0 Å². The van der Waals surface area contributed by atoms with E-state index in [1.165, 1.54) is 4.31 Å². The summed E-state index contributed by atoms with van der Waals surface area (Å²) in [5.74, 6) is 0.669. The molecule has 1 fully saturated rings. The first-order valence-electron chi connectivity index (χ1n) is 9.25. The smallest absolute Gasteiger partial charge is 0.226 e. The van der Waals surface area contributed by atoms with Gasteiger partial charge in [-0.3, -0.25) is 4.79 Å². The van der Waals surface area contributed by atoms with Gasteiger partial charge in [-0.15, -0.1) is 0 Å². The summed E-state index contributed by atoms with van der Waals surface area (Å²) in [5, 5.41) is 0. The van der Waals surface area contributed by atoms with Gasteiger partial charge in [0, 0.05) is 20.1 Å². The minimum atomic E-state index is -3.24. The quantitative estimate of drug-likeness (QED) is 0.692. The maximum atomic E-state index is 12.7. The second-order valence-electron chi connectivity index (χ2n) is 6.94. The van der Waals surface area contributed by atoms with Gasteiger partial charge in [-0.1, -0.05) is 19.1 Å². The van der Waals surface area contributed by atoms with Crippen molar-refractivity contribution in [2.75, 3.05) is 39.0 Å². The molecule has 1 aliphatic rings. The van der Waals surface area contributed by atoms with Crippen molar-refractivity contribution >= 4 is 15.9 Å². The highest BCUT2D eigenvalue weighted by Crippen LogP contribution is 2.21. The van der Waals surface area contributed by atoms with Crippen molar-refractivity contribution < 1.29 is 17.9 Å². The Morgan fingerprint density at radius 1 is 1.38 bits per heavy atom. The Morgan fingerprint density at radius 2 is 2.15 bits per heavy atom. The molecular weight excluding hydrogens is 352 g/mol. The number of aryl methyl sites for hydroxylation is 1. The average molecular weight is 383 g/mol. The molecular formula is C19H30N2O4S. The van der Waals surface area contributed by atoms with E-state index in [0.717, 1.165) is 24.2 Å². The van der Waals surface area contributed by atoms with Crippen molar-refractivity contribution in [3.63, 3.8) is 0 Å². The van der Waals surface area contributed by atoms with Gasteiger partial charge in [-0.25, -0.2) is 12.7 Å². The van der Waals surface area contributed by atoms with Crippen LogP contribution < -0.4 is 4.74 Å². The van der Waals surface area contributed by atoms with Crippen LogP contribution in [0.5, 0.6) is 5.75 Å². The molecule has 1 amide bonds. The Hall–Kier alpha value is -1.60. The molecule has 1 aromatic rings. The Kier molecular flexibility index (Phi) is 7.46. The van der Waals surface area contributed by atoms with E-state index < -0.39 is 10.0 Å². The number of piperidine rings is 1. The van der Waals surface area contributed by atoms with Crippen LogP contribution >= 0.6 is 0 Å². The van der Waals surface area contributed by atoms with Gasteiger partial charge < -0.3 is 9.64 Å². The molecule has 26 heavy (non-hydrogen) atoms. The van der Waals surface area contributed by atoms with Crippen LogP contribution in [0.1, 0.15) is 31.7 Å². The van der Waals surface area contributed by atoms with Crippen LogP contribution in [0.2, 0.25) is 0 Å². The molecule has 1 atom stereocenters. The summed E-state index contributed by atoms with van der Waals surface area (Å²) in [5.41, 5.74) is 1.13. The fourth-order valence-electron chi connectivity index (χ4n) is 3.21. The third-order valence-electron chi connectivity index (χ3n) is 4.65. The van der Waals surface area contributed by atoms with E-state index in [2.05, 4.69) is 0 Å². The molecule has 0 bridgehead atoms. The summed E-state index contributed by atoms with van der Waals surface area (Å²) in [6, 6.07) is 7.79. The molecule has 1 heterocycles. The van der Waals surface area contributed by atoms with Gasteiger partial charge in [0.15, 0.2) is 0 Å². The number of sulfonamides is 1. The lowest BCUT2D eigenvalue weighted by atomic mass is 9.98. The number of rotatable bonds is 8. The number of carbonyl (C=O) groups is 1. The molecule has 0 aliphatic carbocycles. The predicted octanol–water partition coefficient (Wildman–Crippen LogP) is 2.28. The van der Waals surface area contributed by atoms with E-state index in [1.807, 2.05) is 38.1 Å². The van der Waals surface area contributed by atoms with Crippen molar-refractivity contribution in [1.29, 1.82) is 0 Å². The minimum Gasteiger partial charge on any atom is -0.492 e. The maximum Gasteiger partial charge on any atom is 0.226 e. The van der Waals surface area contributed by atoms with Crippen LogP contribution in [0, 0.1) is 12.8 Å². The second kappa shape index (κ2) is 9.37. The number of amides is 1. The highest BCUT2D eigenvalue weighted by Gasteiger charge is 2.33. The summed E-state index contributed by atoms with van der Waals surface area (Å²) in [7, 11) is -1.49. The first-order valence-corrected chi connectivity index (χ1v) is 10.9. The van der Waals surface area contributed by atoms with Crippen molar-refractivity contribution in [3.05, 3.63) is 29.8 Å². The summed E-state index contributed by atoms with van der Waals surface area (Å²) in [6.45, 7) is 5.56. The molecule has 0 spiro atoms. The first-order chi connectivity index (χ1) is 12.3. The van der Waals surface area contributed by atoms with Gasteiger partial charge in [0.05, 0.1) is 18.2 Å². The summed E-state index contributed by atoms with van der Waals surface area (Å²) in [6.07, 6.45) is 2.06. The molecule has 7 heteroatoms. The van der Waals surface area contributed by atoms with Gasteiger partial charge in [0.1, 0.15) is 12.4 Å². The zero-order chi connectivity index (χ0) is 19.2. The van der Waals surface area contributed by atoms with Crippen molar-refractivity contribution in [3.8, 4) is 5.75 Å². The van der Waals surface area contributed by atoms with Crippen molar-refractivity contribution in [2.45, 2.75) is 33.1 Å². The highest BCUT2D eigenvalue weighted by atomic mass is 32.2. The zero-order valence-corrected chi connectivity index (χ0v) is 16.8. The monoisotopic (exact) mass is 382 g/mol. The van der Waals surface area contributed by atoms with Crippen LogP contribution in [0.15, 0.2) is 24.3 Å². The zero-order valence-electron chi connectivity index (χ0n) is 16.0. The molecule has 0 saturated carbocycles. The number of benzene rings is 1. The van der Waals surface area contributed by atoms with Crippen LogP contribution in [0.3, 0.4) is 0 Å². The third-order valence-corrected chi connectivity index (χ3v) is 6.69. The van der Waals surface area contributed by atoms with Gasteiger partial charge in [-0.05, 0) is 43.9 Å². The van der Waals surface area contributed by atoms with Gasteiger partial charge in [0.25, 0.3) is 0 Å². The molecule has 0 radical (unpaired) electrons. The average Bonchev–Trinajstić information content (AvgIpc) is 2.61. The molecule has 2 rings (SSSR count). The summed E-state index contributed by atoms with van der Waals surface area (Å²) < 4.78 is 31.7. The Bertz CT molecular complexity index is 705. The van der Waals surface area contributed by atoms with Crippen LogP contribution in [-0.4, -0.2) is 62.6 Å². The lowest BCUT2D eigenvalue weighted by Gasteiger charge is -2.33. The van der Waals surface area contributed by atoms with Crippen LogP contribution in [-0.2, 0) is 14.8 Å². The summed E-state index contributed by atoms with van der Waals surface area (Å²) in [4.78, 5) is 14.3. The minimum absolute atomic E-state index is 0.00533. The Labute approximate surface area is 157 Å². The standard InChI is InChI=1S/C19H30N2O4S/c1-4-13-26(23,24)21-10-6-8-17(15-21)19(22)20(3)11-12-25-18-9-5-7-16(2)14-18/h5,7,9,14,17H,4,6,8,10-13,15H2,1-3H3. The lowest BCUT2D eigenvalue weighted by molar-refractivity contribution is -0.135. The molecule has 6 nitrogen and oxygen atoms in total. The predicted molar refractivity (Wildman–Crippen MR) is 103 cm³/mol. The van der Waals surface area contributed by atoms with E-state index in [1.54, 1.807) is 11.9 Å². The normalized spacial score (nSPS) is 18.5.